The van der Waals surface area contributed by atoms with E-state index in [4.69, 9.17) is 0 Å². The van der Waals surface area contributed by atoms with E-state index >= 15 is 0 Å². The van der Waals surface area contributed by atoms with Gasteiger partial charge < -0.3 is 9.79 Å². The van der Waals surface area contributed by atoms with Crippen LogP contribution in [-0.2, 0) is 4.57 Å². The van der Waals surface area contributed by atoms with Crippen molar-refractivity contribution in [1.82, 2.24) is 0 Å². The quantitative estimate of drug-likeness (QED) is 0.150. The van der Waals surface area contributed by atoms with Gasteiger partial charge in [-0.2, -0.15) is 0 Å². The zero-order chi connectivity index (χ0) is 31.3. The maximum Gasteiger partial charge on any atom is 0.356 e. The van der Waals surface area contributed by atoms with Crippen molar-refractivity contribution < 1.29 is 14.4 Å². The van der Waals surface area contributed by atoms with Crippen molar-refractivity contribution in [3.8, 4) is 44.5 Å². The van der Waals surface area contributed by atoms with E-state index in [-0.39, 0.29) is 5.30 Å². The fraction of sp³-hybridized carbons (Fsp3) is 0. The van der Waals surface area contributed by atoms with E-state index in [0.29, 0.717) is 0 Å². The highest BCUT2D eigenvalue weighted by Crippen LogP contribution is 2.53. The molecule has 8 rings (SSSR count). The third-order valence-electron chi connectivity index (χ3n) is 8.84. The highest BCUT2D eigenvalue weighted by molar-refractivity contribution is 7.60. The fourth-order valence-electron chi connectivity index (χ4n) is 6.96. The Hall–Kier alpha value is -5.31. The SMILES string of the molecule is O=P(O)(O)c1ccc2c(-c3ccccc3)c3c(-c4ccccc4)c4ccccc4c(-c4ccccc4)c3c(-c3ccccc3)c2c1. The highest BCUT2D eigenvalue weighted by atomic mass is 31.2. The van der Waals surface area contributed by atoms with Crippen LogP contribution in [0.3, 0.4) is 0 Å². The van der Waals surface area contributed by atoms with Crippen molar-refractivity contribution in [1.29, 1.82) is 0 Å². The predicted octanol–water partition coefficient (Wildman–Crippen LogP) is 10.6. The second-order valence-corrected chi connectivity index (χ2v) is 13.1. The molecule has 0 aromatic heterocycles. The van der Waals surface area contributed by atoms with Crippen molar-refractivity contribution in [3.05, 3.63) is 164 Å². The minimum Gasteiger partial charge on any atom is -0.321 e. The van der Waals surface area contributed by atoms with Gasteiger partial charge in [-0.1, -0.05) is 152 Å². The lowest BCUT2D eigenvalue weighted by Gasteiger charge is -2.25. The molecule has 0 aliphatic heterocycles. The molecule has 0 aliphatic carbocycles. The van der Waals surface area contributed by atoms with E-state index < -0.39 is 7.60 Å². The van der Waals surface area contributed by atoms with E-state index in [0.717, 1.165) is 76.8 Å². The Kier molecular flexibility index (Phi) is 6.89. The topological polar surface area (TPSA) is 57.5 Å². The van der Waals surface area contributed by atoms with E-state index in [2.05, 4.69) is 97.1 Å². The Labute approximate surface area is 267 Å². The van der Waals surface area contributed by atoms with Crippen LogP contribution in [-0.4, -0.2) is 9.79 Å². The molecular weight excluding hydrogens is 583 g/mol. The van der Waals surface area contributed by atoms with Crippen molar-refractivity contribution >= 4 is 45.2 Å². The number of hydrogen-bond donors (Lipinski definition) is 2. The number of hydrogen-bond acceptors (Lipinski definition) is 1. The molecule has 0 unspecified atom stereocenters. The van der Waals surface area contributed by atoms with Gasteiger partial charge in [0.15, 0.2) is 0 Å². The summed E-state index contributed by atoms with van der Waals surface area (Å²) in [6, 6.07) is 55.3. The molecular formula is C42H29O3P. The lowest BCUT2D eigenvalue weighted by molar-refractivity contribution is 0.387. The number of benzene rings is 8. The summed E-state index contributed by atoms with van der Waals surface area (Å²) in [5.74, 6) is 0. The molecule has 4 heteroatoms. The van der Waals surface area contributed by atoms with Crippen LogP contribution < -0.4 is 5.30 Å². The van der Waals surface area contributed by atoms with Crippen LogP contribution in [0.5, 0.6) is 0 Å². The second kappa shape index (κ2) is 11.2. The zero-order valence-electron chi connectivity index (χ0n) is 24.8. The monoisotopic (exact) mass is 612 g/mol. The van der Waals surface area contributed by atoms with Crippen molar-refractivity contribution in [3.63, 3.8) is 0 Å². The first kappa shape index (κ1) is 28.2. The summed E-state index contributed by atoms with van der Waals surface area (Å²) in [5, 5.41) is 6.13. The van der Waals surface area contributed by atoms with E-state index in [1.54, 1.807) is 12.1 Å². The predicted molar refractivity (Wildman–Crippen MR) is 192 cm³/mol. The van der Waals surface area contributed by atoms with Gasteiger partial charge in [0.1, 0.15) is 0 Å². The van der Waals surface area contributed by atoms with E-state index in [9.17, 15) is 14.4 Å². The molecule has 3 nitrogen and oxygen atoms in total. The fourth-order valence-corrected chi connectivity index (χ4v) is 7.53. The van der Waals surface area contributed by atoms with Crippen LogP contribution in [0, 0.1) is 0 Å². The van der Waals surface area contributed by atoms with Crippen LogP contribution in [0.1, 0.15) is 0 Å². The average Bonchev–Trinajstić information content (AvgIpc) is 3.10. The third kappa shape index (κ3) is 4.65. The van der Waals surface area contributed by atoms with Gasteiger partial charge in [0, 0.05) is 0 Å². The molecule has 0 radical (unpaired) electrons. The van der Waals surface area contributed by atoms with Crippen LogP contribution in [0.15, 0.2) is 164 Å². The second-order valence-electron chi connectivity index (χ2n) is 11.5. The Morgan fingerprint density at radius 2 is 0.652 bits per heavy atom. The summed E-state index contributed by atoms with van der Waals surface area (Å²) in [6.07, 6.45) is 0. The molecule has 0 spiro atoms. The molecule has 0 saturated heterocycles. The van der Waals surface area contributed by atoms with Crippen LogP contribution in [0.2, 0.25) is 0 Å². The standard InChI is InChI=1S/C42H29O3P/c43-46(44,45)32-25-26-35-36(27-32)40(31-21-11-4-12-22-31)42-38(29-17-7-2-8-18-29)34-24-14-13-23-33(34)37(28-15-5-1-6-16-28)41(42)39(35)30-19-9-3-10-20-30/h1-27H,(H2,43,44,45). The van der Waals surface area contributed by atoms with Crippen LogP contribution in [0.25, 0.3) is 76.8 Å². The van der Waals surface area contributed by atoms with E-state index in [1.807, 2.05) is 54.6 Å². The van der Waals surface area contributed by atoms with Crippen molar-refractivity contribution in [2.24, 2.45) is 0 Å². The normalized spacial score (nSPS) is 11.8. The van der Waals surface area contributed by atoms with Gasteiger partial charge in [0.25, 0.3) is 0 Å². The van der Waals surface area contributed by atoms with Crippen LogP contribution >= 0.6 is 7.60 Å². The molecule has 0 aliphatic rings. The third-order valence-corrected chi connectivity index (χ3v) is 9.79. The molecule has 0 bridgehead atoms. The highest BCUT2D eigenvalue weighted by Gasteiger charge is 2.27. The van der Waals surface area contributed by atoms with Gasteiger partial charge in [0.05, 0.1) is 5.30 Å². The van der Waals surface area contributed by atoms with Gasteiger partial charge >= 0.3 is 7.60 Å². The Balaban J connectivity index is 1.78. The molecule has 0 amide bonds. The zero-order valence-corrected chi connectivity index (χ0v) is 25.7. The number of rotatable bonds is 5. The minimum atomic E-state index is -4.55. The van der Waals surface area contributed by atoms with Crippen molar-refractivity contribution in [2.75, 3.05) is 0 Å². The summed E-state index contributed by atoms with van der Waals surface area (Å²) >= 11 is 0. The average molecular weight is 613 g/mol. The molecule has 46 heavy (non-hydrogen) atoms. The van der Waals surface area contributed by atoms with Gasteiger partial charge in [-0.15, -0.1) is 0 Å². The summed E-state index contributed by atoms with van der Waals surface area (Å²) in [5.41, 5.74) is 8.38. The first-order valence-electron chi connectivity index (χ1n) is 15.3. The summed E-state index contributed by atoms with van der Waals surface area (Å²) in [4.78, 5) is 20.8. The molecule has 0 heterocycles. The molecule has 0 saturated carbocycles. The number of fused-ring (bicyclic) bond motifs is 3. The molecule has 8 aromatic rings. The van der Waals surface area contributed by atoms with Gasteiger partial charge in [-0.25, -0.2) is 0 Å². The smallest absolute Gasteiger partial charge is 0.321 e. The lowest BCUT2D eigenvalue weighted by Crippen LogP contribution is -2.05. The Bertz CT molecular complexity index is 2430. The molecule has 8 aromatic carbocycles. The largest absolute Gasteiger partial charge is 0.356 e. The minimum absolute atomic E-state index is 0.000811. The summed E-state index contributed by atoms with van der Waals surface area (Å²) < 4.78 is 12.7. The Morgan fingerprint density at radius 1 is 0.348 bits per heavy atom. The molecule has 2 N–H and O–H groups in total. The first-order chi connectivity index (χ1) is 22.5. The molecule has 220 valence electrons. The Morgan fingerprint density at radius 3 is 1.00 bits per heavy atom. The molecule has 0 atom stereocenters. The maximum absolute atomic E-state index is 12.7. The summed E-state index contributed by atoms with van der Waals surface area (Å²) in [6.45, 7) is 0. The van der Waals surface area contributed by atoms with Crippen molar-refractivity contribution in [2.45, 2.75) is 0 Å². The lowest BCUT2D eigenvalue weighted by atomic mass is 9.77. The molecule has 0 fully saturated rings. The first-order valence-corrected chi connectivity index (χ1v) is 16.9. The van der Waals surface area contributed by atoms with Gasteiger partial charge in [0.2, 0.25) is 0 Å². The van der Waals surface area contributed by atoms with E-state index in [1.165, 1.54) is 0 Å². The maximum atomic E-state index is 12.7. The van der Waals surface area contributed by atoms with Gasteiger partial charge in [-0.05, 0) is 89.0 Å². The summed E-state index contributed by atoms with van der Waals surface area (Å²) in [7, 11) is -4.55. The van der Waals surface area contributed by atoms with Crippen LogP contribution in [0.4, 0.5) is 0 Å². The van der Waals surface area contributed by atoms with Gasteiger partial charge in [-0.3, -0.25) is 4.57 Å².